The first-order valence-electron chi connectivity index (χ1n) is 9.00. The maximum absolute atomic E-state index is 13.8. The Morgan fingerprint density at radius 2 is 1.78 bits per heavy atom. The lowest BCUT2D eigenvalue weighted by Gasteiger charge is -2.17. The minimum Gasteiger partial charge on any atom is -0.493 e. The zero-order valence-electron chi connectivity index (χ0n) is 16.1. The van der Waals surface area contributed by atoms with Crippen LogP contribution < -0.4 is 4.74 Å². The molecular formula is C22H25FO4. The van der Waals surface area contributed by atoms with E-state index in [9.17, 15) is 14.0 Å². The van der Waals surface area contributed by atoms with Gasteiger partial charge in [-0.2, -0.15) is 0 Å². The fourth-order valence-corrected chi connectivity index (χ4v) is 2.70. The molecule has 4 nitrogen and oxygen atoms in total. The van der Waals surface area contributed by atoms with Crippen molar-refractivity contribution >= 4 is 11.8 Å². The number of ether oxygens (including phenoxy) is 1. The summed E-state index contributed by atoms with van der Waals surface area (Å²) in [7, 11) is 0. The van der Waals surface area contributed by atoms with E-state index in [4.69, 9.17) is 9.84 Å². The Balaban J connectivity index is 2.23. The van der Waals surface area contributed by atoms with Crippen molar-refractivity contribution in [2.24, 2.45) is 5.92 Å². The highest BCUT2D eigenvalue weighted by Gasteiger charge is 2.16. The van der Waals surface area contributed by atoms with Crippen LogP contribution in [0.25, 0.3) is 0 Å². The molecule has 0 aliphatic heterocycles. The maximum atomic E-state index is 13.8. The van der Waals surface area contributed by atoms with Crippen LogP contribution in [0.15, 0.2) is 36.4 Å². The van der Waals surface area contributed by atoms with Crippen molar-refractivity contribution in [2.75, 3.05) is 6.61 Å². The minimum atomic E-state index is -1.36. The molecule has 2 rings (SSSR count). The molecule has 1 N–H and O–H groups in total. The molecule has 0 saturated carbocycles. The largest absolute Gasteiger partial charge is 0.493 e. The molecule has 2 aromatic rings. The fourth-order valence-electron chi connectivity index (χ4n) is 2.70. The summed E-state index contributed by atoms with van der Waals surface area (Å²) in [6, 6.07) is 9.12. The van der Waals surface area contributed by atoms with Crippen molar-refractivity contribution in [3.8, 4) is 5.75 Å². The van der Waals surface area contributed by atoms with Crippen LogP contribution in [-0.4, -0.2) is 23.5 Å². The van der Waals surface area contributed by atoms with E-state index < -0.39 is 17.3 Å². The topological polar surface area (TPSA) is 63.6 Å². The molecular weight excluding hydrogens is 347 g/mol. The highest BCUT2D eigenvalue weighted by molar-refractivity contribution is 5.98. The molecule has 144 valence electrons. The van der Waals surface area contributed by atoms with Gasteiger partial charge in [-0.05, 0) is 41.2 Å². The van der Waals surface area contributed by atoms with Gasteiger partial charge in [0.2, 0.25) is 0 Å². The Labute approximate surface area is 159 Å². The van der Waals surface area contributed by atoms with E-state index in [0.717, 1.165) is 29.0 Å². The van der Waals surface area contributed by atoms with Crippen LogP contribution in [0.5, 0.6) is 5.75 Å². The Kier molecular flexibility index (Phi) is 6.72. The van der Waals surface area contributed by atoms with Crippen LogP contribution >= 0.6 is 0 Å². The first-order valence-corrected chi connectivity index (χ1v) is 9.00. The van der Waals surface area contributed by atoms with Crippen molar-refractivity contribution < 1.29 is 23.8 Å². The summed E-state index contributed by atoms with van der Waals surface area (Å²) in [5, 5.41) is 8.88. The number of carboxylic acids is 1. The molecule has 0 atom stereocenters. The number of hydrogen-bond acceptors (Lipinski definition) is 3. The molecule has 5 heteroatoms. The minimum absolute atomic E-state index is 0.0856. The number of halogens is 1. The van der Waals surface area contributed by atoms with Crippen LogP contribution in [0.2, 0.25) is 0 Å². The quantitative estimate of drug-likeness (QED) is 0.654. The molecule has 0 spiro atoms. The first kappa shape index (κ1) is 20.6. The number of hydrogen-bond donors (Lipinski definition) is 1. The molecule has 0 bridgehead atoms. The van der Waals surface area contributed by atoms with E-state index in [-0.39, 0.29) is 23.7 Å². The van der Waals surface area contributed by atoms with Gasteiger partial charge < -0.3 is 9.84 Å². The average Bonchev–Trinajstić information content (AvgIpc) is 2.59. The average molecular weight is 372 g/mol. The van der Waals surface area contributed by atoms with Gasteiger partial charge in [-0.15, -0.1) is 0 Å². The predicted molar refractivity (Wildman–Crippen MR) is 102 cm³/mol. The van der Waals surface area contributed by atoms with E-state index in [1.165, 1.54) is 6.07 Å². The van der Waals surface area contributed by atoms with Gasteiger partial charge in [-0.3, -0.25) is 4.79 Å². The summed E-state index contributed by atoms with van der Waals surface area (Å²) in [5.74, 6) is -1.12. The third kappa shape index (κ3) is 5.39. The summed E-state index contributed by atoms with van der Waals surface area (Å²) in [5.41, 5.74) is 1.54. The van der Waals surface area contributed by atoms with E-state index in [0.29, 0.717) is 12.5 Å². The lowest BCUT2D eigenvalue weighted by Crippen LogP contribution is -2.09. The standard InChI is InChI=1S/C22H25FO4/c1-13(2)12-27-21-10-15(5-7-17(21)14(3)4)9-20(24)16-6-8-18(22(25)26)19(23)11-16/h5-8,10-11,13-14H,9,12H2,1-4H3,(H,25,26). The Bertz CT molecular complexity index is 840. The molecule has 27 heavy (non-hydrogen) atoms. The number of carboxylic acid groups (broad SMARTS) is 1. The smallest absolute Gasteiger partial charge is 0.338 e. The fraction of sp³-hybridized carbons (Fsp3) is 0.364. The van der Waals surface area contributed by atoms with Gasteiger partial charge in [0.1, 0.15) is 11.6 Å². The molecule has 0 aromatic heterocycles. The van der Waals surface area contributed by atoms with Crippen LogP contribution in [0.1, 0.15) is 65.5 Å². The van der Waals surface area contributed by atoms with Crippen LogP contribution in [0.4, 0.5) is 4.39 Å². The number of carbonyl (C=O) groups is 2. The third-order valence-corrected chi connectivity index (χ3v) is 4.16. The number of rotatable bonds is 8. The second-order valence-corrected chi connectivity index (χ2v) is 7.33. The molecule has 2 aromatic carbocycles. The second-order valence-electron chi connectivity index (χ2n) is 7.33. The van der Waals surface area contributed by atoms with E-state index in [2.05, 4.69) is 27.7 Å². The van der Waals surface area contributed by atoms with Gasteiger partial charge in [0.05, 0.1) is 12.2 Å². The number of ketones is 1. The predicted octanol–water partition coefficient (Wildman–Crippen LogP) is 5.11. The lowest BCUT2D eigenvalue weighted by molar-refractivity contribution is 0.0691. The van der Waals surface area contributed by atoms with Gasteiger partial charge in [-0.1, -0.05) is 45.9 Å². The normalized spacial score (nSPS) is 11.1. The lowest BCUT2D eigenvalue weighted by atomic mass is 9.96. The number of benzene rings is 2. The third-order valence-electron chi connectivity index (χ3n) is 4.16. The number of aromatic carboxylic acids is 1. The van der Waals surface area contributed by atoms with Crippen molar-refractivity contribution in [2.45, 2.75) is 40.0 Å². The highest BCUT2D eigenvalue weighted by atomic mass is 19.1. The summed E-state index contributed by atoms with van der Waals surface area (Å²) in [4.78, 5) is 23.4. The molecule has 0 fully saturated rings. The van der Waals surface area contributed by atoms with Crippen LogP contribution in [0.3, 0.4) is 0 Å². The van der Waals surface area contributed by atoms with Crippen LogP contribution in [-0.2, 0) is 6.42 Å². The SMILES string of the molecule is CC(C)COc1cc(CC(=O)c2ccc(C(=O)O)c(F)c2)ccc1C(C)C. The van der Waals surface area contributed by atoms with E-state index >= 15 is 0 Å². The monoisotopic (exact) mass is 372 g/mol. The molecule has 0 unspecified atom stereocenters. The molecule has 0 aliphatic rings. The van der Waals surface area contributed by atoms with Crippen molar-refractivity contribution in [3.05, 3.63) is 64.5 Å². The van der Waals surface area contributed by atoms with Gasteiger partial charge in [0.25, 0.3) is 0 Å². The van der Waals surface area contributed by atoms with Crippen LogP contribution in [0, 0.1) is 11.7 Å². The Morgan fingerprint density at radius 1 is 1.07 bits per heavy atom. The van der Waals surface area contributed by atoms with Gasteiger partial charge >= 0.3 is 5.97 Å². The summed E-state index contributed by atoms with van der Waals surface area (Å²) in [6.07, 6.45) is 0.0856. The molecule has 0 amide bonds. The zero-order chi connectivity index (χ0) is 20.1. The molecule has 0 heterocycles. The molecule has 0 radical (unpaired) electrons. The van der Waals surface area contributed by atoms with Gasteiger partial charge in [0, 0.05) is 12.0 Å². The number of Topliss-reactive ketones (excluding diaryl/α,β-unsaturated/α-hetero) is 1. The first-order chi connectivity index (χ1) is 12.7. The zero-order valence-corrected chi connectivity index (χ0v) is 16.1. The summed E-state index contributed by atoms with van der Waals surface area (Å²) >= 11 is 0. The molecule has 0 aliphatic carbocycles. The van der Waals surface area contributed by atoms with E-state index in [1.54, 1.807) is 0 Å². The second kappa shape index (κ2) is 8.80. The van der Waals surface area contributed by atoms with Gasteiger partial charge in [-0.25, -0.2) is 9.18 Å². The molecule has 0 saturated heterocycles. The van der Waals surface area contributed by atoms with Crippen molar-refractivity contribution in [3.63, 3.8) is 0 Å². The summed E-state index contributed by atoms with van der Waals surface area (Å²) < 4.78 is 19.7. The van der Waals surface area contributed by atoms with Crippen molar-refractivity contribution in [1.82, 2.24) is 0 Å². The van der Waals surface area contributed by atoms with Crippen molar-refractivity contribution in [1.29, 1.82) is 0 Å². The Hall–Kier alpha value is -2.69. The summed E-state index contributed by atoms with van der Waals surface area (Å²) in [6.45, 7) is 8.87. The van der Waals surface area contributed by atoms with Gasteiger partial charge in [0.15, 0.2) is 5.78 Å². The highest BCUT2D eigenvalue weighted by Crippen LogP contribution is 2.28. The Morgan fingerprint density at radius 3 is 2.33 bits per heavy atom. The van der Waals surface area contributed by atoms with E-state index in [1.807, 2.05) is 18.2 Å². The maximum Gasteiger partial charge on any atom is 0.338 e. The number of carbonyl (C=O) groups excluding carboxylic acids is 1.